The highest BCUT2D eigenvalue weighted by atomic mass is 79.9. The molecule has 1 aliphatic rings. The van der Waals surface area contributed by atoms with Crippen molar-refractivity contribution < 1.29 is 4.79 Å². The minimum atomic E-state index is 0.0663. The van der Waals surface area contributed by atoms with Gasteiger partial charge in [0.25, 0.3) is 5.91 Å². The second-order valence-electron chi connectivity index (χ2n) is 5.51. The predicted octanol–water partition coefficient (Wildman–Crippen LogP) is 4.21. The van der Waals surface area contributed by atoms with Crippen molar-refractivity contribution in [3.63, 3.8) is 0 Å². The Morgan fingerprint density at radius 3 is 2.65 bits per heavy atom. The van der Waals surface area contributed by atoms with Crippen LogP contribution < -0.4 is 5.32 Å². The van der Waals surface area contributed by atoms with Crippen LogP contribution in [0.1, 0.15) is 49.2 Å². The van der Waals surface area contributed by atoms with E-state index in [1.54, 1.807) is 0 Å². The van der Waals surface area contributed by atoms with E-state index in [1.807, 2.05) is 11.4 Å². The number of thiophene rings is 1. The number of hydrogen-bond donors (Lipinski definition) is 1. The zero-order valence-electron chi connectivity index (χ0n) is 10.3. The van der Waals surface area contributed by atoms with Crippen LogP contribution in [0.2, 0.25) is 0 Å². The molecule has 0 spiro atoms. The molecule has 0 bridgehead atoms. The van der Waals surface area contributed by atoms with Gasteiger partial charge in [-0.05, 0) is 58.5 Å². The van der Waals surface area contributed by atoms with Gasteiger partial charge in [0.2, 0.25) is 0 Å². The normalized spacial score (nSPS) is 20.2. The van der Waals surface area contributed by atoms with E-state index in [0.717, 1.165) is 22.2 Å². The number of amides is 1. The van der Waals surface area contributed by atoms with Gasteiger partial charge in [-0.25, -0.2) is 0 Å². The molecule has 0 radical (unpaired) electrons. The van der Waals surface area contributed by atoms with Crippen LogP contribution in [0, 0.1) is 5.41 Å². The van der Waals surface area contributed by atoms with E-state index in [-0.39, 0.29) is 5.91 Å². The van der Waals surface area contributed by atoms with Crippen molar-refractivity contribution in [2.45, 2.75) is 45.6 Å². The molecule has 17 heavy (non-hydrogen) atoms. The van der Waals surface area contributed by atoms with E-state index in [1.165, 1.54) is 24.2 Å². The van der Waals surface area contributed by atoms with E-state index in [2.05, 4.69) is 35.1 Å². The van der Waals surface area contributed by atoms with Crippen LogP contribution in [0.25, 0.3) is 0 Å². The summed E-state index contributed by atoms with van der Waals surface area (Å²) in [5, 5.41) is 5.07. The Morgan fingerprint density at radius 1 is 1.47 bits per heavy atom. The molecule has 4 heteroatoms. The van der Waals surface area contributed by atoms with E-state index < -0.39 is 0 Å². The van der Waals surface area contributed by atoms with Crippen LogP contribution >= 0.6 is 27.3 Å². The number of hydrogen-bond acceptors (Lipinski definition) is 2. The lowest BCUT2D eigenvalue weighted by molar-refractivity contribution is 0.0912. The summed E-state index contributed by atoms with van der Waals surface area (Å²) in [6.45, 7) is 4.61. The molecule has 0 aromatic carbocycles. The van der Waals surface area contributed by atoms with Crippen LogP contribution in [0.4, 0.5) is 0 Å². The maximum Gasteiger partial charge on any atom is 0.262 e. The lowest BCUT2D eigenvalue weighted by atomic mass is 9.75. The average Bonchev–Trinajstić information content (AvgIpc) is 2.68. The van der Waals surface area contributed by atoms with Crippen LogP contribution in [0.3, 0.4) is 0 Å². The molecule has 1 aliphatic carbocycles. The summed E-state index contributed by atoms with van der Waals surface area (Å²) >= 11 is 4.89. The fraction of sp³-hybridized carbons (Fsp3) is 0.615. The SMILES string of the molecule is CC1(C)CCC(NC(=O)c2sccc2Br)CC1. The standard InChI is InChI=1S/C13H18BrNOS/c1-13(2)6-3-9(4-7-13)15-12(16)11-10(14)5-8-17-11/h5,8-9H,3-4,6-7H2,1-2H3,(H,15,16). The van der Waals surface area contributed by atoms with Gasteiger partial charge in [0.05, 0.1) is 0 Å². The Labute approximate surface area is 115 Å². The molecule has 2 nitrogen and oxygen atoms in total. The van der Waals surface area contributed by atoms with Gasteiger partial charge in [-0.2, -0.15) is 0 Å². The second kappa shape index (κ2) is 5.11. The quantitative estimate of drug-likeness (QED) is 0.870. The van der Waals surface area contributed by atoms with Gasteiger partial charge < -0.3 is 5.32 Å². The highest BCUT2D eigenvalue weighted by Crippen LogP contribution is 2.35. The van der Waals surface area contributed by atoms with E-state index >= 15 is 0 Å². The Balaban J connectivity index is 1.91. The number of carbonyl (C=O) groups is 1. The Hall–Kier alpha value is -0.350. The van der Waals surface area contributed by atoms with Gasteiger partial charge in [0.1, 0.15) is 4.88 Å². The van der Waals surface area contributed by atoms with Crippen molar-refractivity contribution in [2.75, 3.05) is 0 Å². The average molecular weight is 316 g/mol. The summed E-state index contributed by atoms with van der Waals surface area (Å²) in [5.41, 5.74) is 0.449. The van der Waals surface area contributed by atoms with Crippen molar-refractivity contribution >= 4 is 33.2 Å². The molecule has 0 saturated heterocycles. The van der Waals surface area contributed by atoms with Crippen LogP contribution in [0.15, 0.2) is 15.9 Å². The molecule has 1 saturated carbocycles. The Bertz CT molecular complexity index is 403. The summed E-state index contributed by atoms with van der Waals surface area (Å²) in [5.74, 6) is 0.0663. The molecule has 1 amide bonds. The lowest BCUT2D eigenvalue weighted by Crippen LogP contribution is -2.39. The lowest BCUT2D eigenvalue weighted by Gasteiger charge is -2.34. The predicted molar refractivity (Wildman–Crippen MR) is 75.5 cm³/mol. The van der Waals surface area contributed by atoms with E-state index in [0.29, 0.717) is 11.5 Å². The van der Waals surface area contributed by atoms with Crippen LogP contribution in [-0.2, 0) is 0 Å². The summed E-state index contributed by atoms with van der Waals surface area (Å²) in [6.07, 6.45) is 4.59. The molecular weight excluding hydrogens is 298 g/mol. The zero-order chi connectivity index (χ0) is 12.5. The molecular formula is C13H18BrNOS. The smallest absolute Gasteiger partial charge is 0.262 e. The van der Waals surface area contributed by atoms with Crippen molar-refractivity contribution in [2.24, 2.45) is 5.41 Å². The topological polar surface area (TPSA) is 29.1 Å². The monoisotopic (exact) mass is 315 g/mol. The van der Waals surface area contributed by atoms with Gasteiger partial charge in [0.15, 0.2) is 0 Å². The molecule has 0 aliphatic heterocycles. The Kier molecular flexibility index (Phi) is 3.93. The summed E-state index contributed by atoms with van der Waals surface area (Å²) < 4.78 is 0.899. The van der Waals surface area contributed by atoms with Crippen LogP contribution in [-0.4, -0.2) is 11.9 Å². The molecule has 1 aromatic heterocycles. The maximum absolute atomic E-state index is 12.0. The van der Waals surface area contributed by atoms with E-state index in [9.17, 15) is 4.79 Å². The number of nitrogens with one attached hydrogen (secondary N) is 1. The first-order valence-corrected chi connectivity index (χ1v) is 7.69. The van der Waals surface area contributed by atoms with Gasteiger partial charge >= 0.3 is 0 Å². The van der Waals surface area contributed by atoms with Crippen molar-refractivity contribution in [3.8, 4) is 0 Å². The summed E-state index contributed by atoms with van der Waals surface area (Å²) in [4.78, 5) is 12.8. The molecule has 1 fully saturated rings. The molecule has 0 atom stereocenters. The van der Waals surface area contributed by atoms with Gasteiger partial charge in [-0.3, -0.25) is 4.79 Å². The number of rotatable bonds is 2. The first kappa shape index (κ1) is 13.1. The maximum atomic E-state index is 12.0. The van der Waals surface area contributed by atoms with Gasteiger partial charge in [-0.1, -0.05) is 13.8 Å². The summed E-state index contributed by atoms with van der Waals surface area (Å²) in [7, 11) is 0. The molecule has 1 heterocycles. The number of halogens is 1. The minimum absolute atomic E-state index is 0.0663. The number of carbonyl (C=O) groups excluding carboxylic acids is 1. The second-order valence-corrected chi connectivity index (χ2v) is 7.28. The fourth-order valence-electron chi connectivity index (χ4n) is 2.25. The first-order chi connectivity index (χ1) is 7.98. The first-order valence-electron chi connectivity index (χ1n) is 6.02. The molecule has 2 rings (SSSR count). The third-order valence-electron chi connectivity index (χ3n) is 3.50. The van der Waals surface area contributed by atoms with Crippen LogP contribution in [0.5, 0.6) is 0 Å². The zero-order valence-corrected chi connectivity index (χ0v) is 12.7. The van der Waals surface area contributed by atoms with Gasteiger partial charge in [0, 0.05) is 10.5 Å². The van der Waals surface area contributed by atoms with Gasteiger partial charge in [-0.15, -0.1) is 11.3 Å². The molecule has 1 aromatic rings. The molecule has 1 N–H and O–H groups in total. The highest BCUT2D eigenvalue weighted by molar-refractivity contribution is 9.10. The Morgan fingerprint density at radius 2 is 2.12 bits per heavy atom. The third kappa shape index (κ3) is 3.32. The van der Waals surface area contributed by atoms with Crippen molar-refractivity contribution in [3.05, 3.63) is 20.8 Å². The third-order valence-corrected chi connectivity index (χ3v) is 5.33. The van der Waals surface area contributed by atoms with Crippen molar-refractivity contribution in [1.29, 1.82) is 0 Å². The minimum Gasteiger partial charge on any atom is -0.349 e. The highest BCUT2D eigenvalue weighted by Gasteiger charge is 2.28. The fourth-order valence-corrected chi connectivity index (χ4v) is 3.70. The molecule has 0 unspecified atom stereocenters. The summed E-state index contributed by atoms with van der Waals surface area (Å²) in [6, 6.07) is 2.27. The molecule has 94 valence electrons. The van der Waals surface area contributed by atoms with Crippen molar-refractivity contribution in [1.82, 2.24) is 5.32 Å². The largest absolute Gasteiger partial charge is 0.349 e. The van der Waals surface area contributed by atoms with E-state index in [4.69, 9.17) is 0 Å².